The van der Waals surface area contributed by atoms with Crippen molar-refractivity contribution in [3.8, 4) is 0 Å². The quantitative estimate of drug-likeness (QED) is 0.763. The standard InChI is InChI=1S/C15H21ClN2O3S/c16-15-4-3-12(8-17-15)9-18(10-14-2-1-6-21-14)13-5-7-22(19,20)11-13/h3-4,8,13-14H,1-2,5-7,9-11H2/t13-,14+/m1/s1. The molecule has 0 spiro atoms. The molecule has 2 fully saturated rings. The molecule has 2 saturated heterocycles. The molecular weight excluding hydrogens is 324 g/mol. The molecule has 0 aliphatic carbocycles. The SMILES string of the molecule is O=S1(=O)CC[C@@H](N(Cc2ccc(Cl)nc2)C[C@@H]2CCCO2)C1. The second-order valence-corrected chi connectivity index (χ2v) is 8.73. The molecule has 1 aromatic rings. The normalized spacial score (nSPS) is 27.5. The van der Waals surface area contributed by atoms with Gasteiger partial charge in [-0.05, 0) is 30.9 Å². The lowest BCUT2D eigenvalue weighted by Crippen LogP contribution is -2.40. The molecule has 0 amide bonds. The monoisotopic (exact) mass is 344 g/mol. The van der Waals surface area contributed by atoms with E-state index in [1.54, 1.807) is 12.3 Å². The van der Waals surface area contributed by atoms with Gasteiger partial charge in [0.05, 0.1) is 17.6 Å². The van der Waals surface area contributed by atoms with Crippen molar-refractivity contribution in [1.82, 2.24) is 9.88 Å². The van der Waals surface area contributed by atoms with Crippen LogP contribution in [0.4, 0.5) is 0 Å². The second kappa shape index (κ2) is 6.83. The van der Waals surface area contributed by atoms with Crippen molar-refractivity contribution >= 4 is 21.4 Å². The van der Waals surface area contributed by atoms with Crippen LogP contribution in [0.2, 0.25) is 5.15 Å². The zero-order valence-corrected chi connectivity index (χ0v) is 14.0. The number of hydrogen-bond donors (Lipinski definition) is 0. The highest BCUT2D eigenvalue weighted by molar-refractivity contribution is 7.91. The Balaban J connectivity index is 1.71. The fraction of sp³-hybridized carbons (Fsp3) is 0.667. The van der Waals surface area contributed by atoms with Crippen molar-refractivity contribution in [2.24, 2.45) is 0 Å². The third-order valence-corrected chi connectivity index (χ3v) is 6.34. The fourth-order valence-corrected chi connectivity index (χ4v) is 5.06. The Labute approximate surface area is 136 Å². The van der Waals surface area contributed by atoms with Gasteiger partial charge in [0.25, 0.3) is 0 Å². The van der Waals surface area contributed by atoms with Crippen LogP contribution in [0.3, 0.4) is 0 Å². The Hall–Kier alpha value is -0.690. The first-order valence-electron chi connectivity index (χ1n) is 7.68. The van der Waals surface area contributed by atoms with Crippen LogP contribution in [0.1, 0.15) is 24.8 Å². The van der Waals surface area contributed by atoms with E-state index in [0.717, 1.165) is 31.6 Å². The summed E-state index contributed by atoms with van der Waals surface area (Å²) < 4.78 is 29.3. The minimum atomic E-state index is -2.89. The maximum Gasteiger partial charge on any atom is 0.151 e. The zero-order chi connectivity index (χ0) is 15.6. The number of ether oxygens (including phenoxy) is 1. The molecule has 3 heterocycles. The topological polar surface area (TPSA) is 59.5 Å². The molecule has 0 N–H and O–H groups in total. The number of sulfone groups is 1. The molecule has 2 aliphatic rings. The number of nitrogens with zero attached hydrogens (tertiary/aromatic N) is 2. The van der Waals surface area contributed by atoms with Crippen LogP contribution in [0.25, 0.3) is 0 Å². The van der Waals surface area contributed by atoms with Crippen LogP contribution in [-0.2, 0) is 21.1 Å². The van der Waals surface area contributed by atoms with Crippen LogP contribution >= 0.6 is 11.6 Å². The molecule has 3 rings (SSSR count). The van der Waals surface area contributed by atoms with E-state index in [2.05, 4.69) is 9.88 Å². The van der Waals surface area contributed by atoms with Crippen molar-refractivity contribution in [1.29, 1.82) is 0 Å². The van der Waals surface area contributed by atoms with Gasteiger partial charge in [-0.1, -0.05) is 17.7 Å². The van der Waals surface area contributed by atoms with Crippen LogP contribution < -0.4 is 0 Å². The summed E-state index contributed by atoms with van der Waals surface area (Å²) in [6.07, 6.45) is 4.81. The first-order valence-corrected chi connectivity index (χ1v) is 9.88. The number of halogens is 1. The van der Waals surface area contributed by atoms with Crippen molar-refractivity contribution in [2.75, 3.05) is 24.7 Å². The Kier molecular flexibility index (Phi) is 5.02. The van der Waals surface area contributed by atoms with Gasteiger partial charge in [0, 0.05) is 31.9 Å². The number of aromatic nitrogens is 1. The summed E-state index contributed by atoms with van der Waals surface area (Å²) in [5.41, 5.74) is 1.05. The predicted octanol–water partition coefficient (Wildman–Crippen LogP) is 1.90. The van der Waals surface area contributed by atoms with Crippen LogP contribution in [0, 0.1) is 0 Å². The van der Waals surface area contributed by atoms with Gasteiger partial charge in [0.2, 0.25) is 0 Å². The highest BCUT2D eigenvalue weighted by Crippen LogP contribution is 2.23. The molecule has 2 atom stereocenters. The van der Waals surface area contributed by atoms with E-state index >= 15 is 0 Å². The second-order valence-electron chi connectivity index (χ2n) is 6.11. The third kappa shape index (κ3) is 4.19. The summed E-state index contributed by atoms with van der Waals surface area (Å²) in [5.74, 6) is 0.541. The maximum absolute atomic E-state index is 11.8. The lowest BCUT2D eigenvalue weighted by atomic mass is 10.1. The van der Waals surface area contributed by atoms with Gasteiger partial charge in [0.1, 0.15) is 5.15 Å². The third-order valence-electron chi connectivity index (χ3n) is 4.36. The summed E-state index contributed by atoms with van der Waals surface area (Å²) in [6.45, 7) is 2.27. The summed E-state index contributed by atoms with van der Waals surface area (Å²) in [5, 5.41) is 0.470. The van der Waals surface area contributed by atoms with Gasteiger partial charge in [-0.3, -0.25) is 4.90 Å². The highest BCUT2D eigenvalue weighted by atomic mass is 35.5. The molecule has 1 aromatic heterocycles. The summed E-state index contributed by atoms with van der Waals surface area (Å²) in [7, 11) is -2.89. The van der Waals surface area contributed by atoms with E-state index in [4.69, 9.17) is 16.3 Å². The van der Waals surface area contributed by atoms with Crippen LogP contribution in [-0.4, -0.2) is 55.1 Å². The lowest BCUT2D eigenvalue weighted by molar-refractivity contribution is 0.0574. The van der Waals surface area contributed by atoms with Crippen molar-refractivity contribution in [3.05, 3.63) is 29.0 Å². The van der Waals surface area contributed by atoms with Gasteiger partial charge in [-0.25, -0.2) is 13.4 Å². The molecule has 2 aliphatic heterocycles. The first-order chi connectivity index (χ1) is 10.5. The van der Waals surface area contributed by atoms with E-state index in [-0.39, 0.29) is 17.9 Å². The number of pyridine rings is 1. The van der Waals surface area contributed by atoms with Gasteiger partial charge in [-0.15, -0.1) is 0 Å². The largest absolute Gasteiger partial charge is 0.377 e. The molecule has 122 valence electrons. The van der Waals surface area contributed by atoms with E-state index in [0.29, 0.717) is 23.9 Å². The van der Waals surface area contributed by atoms with E-state index in [9.17, 15) is 8.42 Å². The molecule has 0 saturated carbocycles. The molecule has 22 heavy (non-hydrogen) atoms. The van der Waals surface area contributed by atoms with Crippen LogP contribution in [0.15, 0.2) is 18.3 Å². The summed E-state index contributed by atoms with van der Waals surface area (Å²) >= 11 is 5.83. The molecule has 5 nitrogen and oxygen atoms in total. The Morgan fingerprint density at radius 2 is 2.23 bits per heavy atom. The molecule has 0 unspecified atom stereocenters. The van der Waals surface area contributed by atoms with Gasteiger partial charge < -0.3 is 4.74 Å². The van der Waals surface area contributed by atoms with Gasteiger partial charge in [0.15, 0.2) is 9.84 Å². The molecular formula is C15H21ClN2O3S. The smallest absolute Gasteiger partial charge is 0.151 e. The number of rotatable bonds is 5. The van der Waals surface area contributed by atoms with Crippen molar-refractivity contribution in [2.45, 2.75) is 38.0 Å². The first kappa shape index (κ1) is 16.2. The van der Waals surface area contributed by atoms with E-state index in [1.165, 1.54) is 0 Å². The summed E-state index contributed by atoms with van der Waals surface area (Å²) in [4.78, 5) is 6.35. The van der Waals surface area contributed by atoms with Gasteiger partial charge in [-0.2, -0.15) is 0 Å². The predicted molar refractivity (Wildman–Crippen MR) is 85.7 cm³/mol. The minimum absolute atomic E-state index is 0.0740. The lowest BCUT2D eigenvalue weighted by Gasteiger charge is -2.30. The molecule has 0 bridgehead atoms. The maximum atomic E-state index is 11.8. The van der Waals surface area contributed by atoms with Gasteiger partial charge >= 0.3 is 0 Å². The Morgan fingerprint density at radius 1 is 1.36 bits per heavy atom. The van der Waals surface area contributed by atoms with Crippen molar-refractivity contribution < 1.29 is 13.2 Å². The Morgan fingerprint density at radius 3 is 2.82 bits per heavy atom. The molecule has 0 radical (unpaired) electrons. The average molecular weight is 345 g/mol. The van der Waals surface area contributed by atoms with Crippen LogP contribution in [0.5, 0.6) is 0 Å². The highest BCUT2D eigenvalue weighted by Gasteiger charge is 2.33. The summed E-state index contributed by atoms with van der Waals surface area (Å²) in [6, 6.07) is 3.79. The Bertz CT molecular complexity index is 600. The minimum Gasteiger partial charge on any atom is -0.377 e. The fourth-order valence-electron chi connectivity index (χ4n) is 3.19. The van der Waals surface area contributed by atoms with Crippen molar-refractivity contribution in [3.63, 3.8) is 0 Å². The number of hydrogen-bond acceptors (Lipinski definition) is 5. The molecule has 7 heteroatoms. The molecule has 0 aromatic carbocycles. The zero-order valence-electron chi connectivity index (χ0n) is 12.4. The average Bonchev–Trinajstić information content (AvgIpc) is 3.10. The van der Waals surface area contributed by atoms with E-state index in [1.807, 2.05) is 6.07 Å². The van der Waals surface area contributed by atoms with E-state index < -0.39 is 9.84 Å².